The Morgan fingerprint density at radius 1 is 1.24 bits per heavy atom. The smallest absolute Gasteiger partial charge is 0.416 e. The molecular formula is C16H12ClF3N2O6S. The number of nitro groups is 1. The first kappa shape index (κ1) is 22.4. The maximum Gasteiger partial charge on any atom is 0.416 e. The van der Waals surface area contributed by atoms with E-state index < -0.39 is 60.5 Å². The second-order valence-corrected chi connectivity index (χ2v) is 7.78. The fourth-order valence-electron chi connectivity index (χ4n) is 2.25. The molecule has 0 bridgehead atoms. The lowest BCUT2D eigenvalue weighted by molar-refractivity contribution is -0.385. The Hall–Kier alpha value is -2.86. The number of rotatable bonds is 6. The number of ether oxygens (including phenoxy) is 1. The number of benzene rings is 2. The number of anilines is 1. The molecule has 0 saturated carbocycles. The lowest BCUT2D eigenvalue weighted by Gasteiger charge is -2.25. The van der Waals surface area contributed by atoms with E-state index in [2.05, 4.69) is 4.74 Å². The van der Waals surface area contributed by atoms with Crippen LogP contribution in [-0.4, -0.2) is 33.0 Å². The number of nitro benzene ring substituents is 1. The van der Waals surface area contributed by atoms with E-state index in [0.717, 1.165) is 31.4 Å². The standard InChI is InChI=1S/C16H12ClF3N2O6S/c1-28-15(23)9-21(14-7-10(16(18,19)20)5-6-13(14)17)29(26,27)12-4-2-3-11(8-12)22(24)25/h2-8H,9H2,1H3. The summed E-state index contributed by atoms with van der Waals surface area (Å²) in [6, 6.07) is 5.74. The monoisotopic (exact) mass is 452 g/mol. The van der Waals surface area contributed by atoms with Crippen LogP contribution in [-0.2, 0) is 25.7 Å². The van der Waals surface area contributed by atoms with E-state index in [9.17, 15) is 36.5 Å². The Balaban J connectivity index is 2.70. The molecule has 13 heteroatoms. The van der Waals surface area contributed by atoms with Crippen molar-refractivity contribution in [3.05, 3.63) is 63.2 Å². The lowest BCUT2D eigenvalue weighted by atomic mass is 10.2. The van der Waals surface area contributed by atoms with Gasteiger partial charge in [-0.1, -0.05) is 17.7 Å². The van der Waals surface area contributed by atoms with Crippen LogP contribution in [0, 0.1) is 10.1 Å². The normalized spacial score (nSPS) is 11.8. The third-order valence-corrected chi connectivity index (χ3v) is 5.73. The Bertz CT molecular complexity index is 1060. The third kappa shape index (κ3) is 4.95. The van der Waals surface area contributed by atoms with E-state index in [0.29, 0.717) is 22.5 Å². The summed E-state index contributed by atoms with van der Waals surface area (Å²) < 4.78 is 70.0. The molecule has 0 aliphatic heterocycles. The SMILES string of the molecule is COC(=O)CN(c1cc(C(F)(F)F)ccc1Cl)S(=O)(=O)c1cccc([N+](=O)[O-])c1. The summed E-state index contributed by atoms with van der Waals surface area (Å²) in [5, 5.41) is 10.5. The molecule has 0 unspecified atom stereocenters. The molecule has 0 atom stereocenters. The Morgan fingerprint density at radius 2 is 1.90 bits per heavy atom. The Labute approximate surface area is 167 Å². The van der Waals surface area contributed by atoms with Crippen LogP contribution in [0.2, 0.25) is 5.02 Å². The summed E-state index contributed by atoms with van der Waals surface area (Å²) >= 11 is 5.91. The predicted molar refractivity (Wildman–Crippen MR) is 96.1 cm³/mol. The Kier molecular flexibility index (Phi) is 6.38. The number of carbonyl (C=O) groups excluding carboxylic acids is 1. The van der Waals surface area contributed by atoms with Crippen LogP contribution in [0.15, 0.2) is 47.4 Å². The van der Waals surface area contributed by atoms with Gasteiger partial charge in [0.15, 0.2) is 0 Å². The van der Waals surface area contributed by atoms with E-state index >= 15 is 0 Å². The fourth-order valence-corrected chi connectivity index (χ4v) is 3.98. The predicted octanol–water partition coefficient (Wildman–Crippen LogP) is 3.64. The number of methoxy groups -OCH3 is 1. The number of sulfonamides is 1. The number of hydrogen-bond acceptors (Lipinski definition) is 6. The fraction of sp³-hybridized carbons (Fsp3) is 0.188. The largest absolute Gasteiger partial charge is 0.468 e. The van der Waals surface area contributed by atoms with Gasteiger partial charge in [0, 0.05) is 12.1 Å². The summed E-state index contributed by atoms with van der Waals surface area (Å²) in [5.74, 6) is -1.09. The molecule has 0 aromatic heterocycles. The number of hydrogen-bond donors (Lipinski definition) is 0. The van der Waals surface area contributed by atoms with Gasteiger partial charge in [-0.3, -0.25) is 19.2 Å². The van der Waals surface area contributed by atoms with Crippen molar-refractivity contribution in [2.24, 2.45) is 0 Å². The molecule has 2 aromatic rings. The third-order valence-electron chi connectivity index (χ3n) is 3.66. The zero-order valence-corrected chi connectivity index (χ0v) is 16.1. The number of alkyl halides is 3. The average molecular weight is 453 g/mol. The van der Waals surface area contributed by atoms with Crippen molar-refractivity contribution >= 4 is 39.0 Å². The first-order valence-electron chi connectivity index (χ1n) is 7.58. The van der Waals surface area contributed by atoms with Gasteiger partial charge in [-0.25, -0.2) is 8.42 Å². The molecule has 0 saturated heterocycles. The van der Waals surface area contributed by atoms with Crippen LogP contribution in [0.1, 0.15) is 5.56 Å². The molecule has 0 heterocycles. The molecular weight excluding hydrogens is 441 g/mol. The topological polar surface area (TPSA) is 107 Å². The highest BCUT2D eigenvalue weighted by molar-refractivity contribution is 7.92. The summed E-state index contributed by atoms with van der Waals surface area (Å²) in [6.45, 7) is -1.01. The maximum absolute atomic E-state index is 13.1. The molecule has 0 radical (unpaired) electrons. The number of non-ortho nitro benzene ring substituents is 1. The zero-order chi connectivity index (χ0) is 22.0. The molecule has 0 fully saturated rings. The quantitative estimate of drug-likeness (QED) is 0.376. The summed E-state index contributed by atoms with van der Waals surface area (Å²) in [5.41, 5.74) is -2.42. The van der Waals surface area contributed by atoms with Crippen LogP contribution in [0.5, 0.6) is 0 Å². The van der Waals surface area contributed by atoms with Crippen LogP contribution < -0.4 is 4.31 Å². The second kappa shape index (κ2) is 8.25. The van der Waals surface area contributed by atoms with Gasteiger partial charge in [-0.15, -0.1) is 0 Å². The van der Waals surface area contributed by atoms with E-state index in [1.807, 2.05) is 0 Å². The highest BCUT2D eigenvalue weighted by Crippen LogP contribution is 2.37. The van der Waals surface area contributed by atoms with Gasteiger partial charge >= 0.3 is 12.1 Å². The number of carbonyl (C=O) groups is 1. The molecule has 0 amide bonds. The van der Waals surface area contributed by atoms with E-state index in [-0.39, 0.29) is 0 Å². The van der Waals surface area contributed by atoms with Crippen molar-refractivity contribution in [2.75, 3.05) is 18.0 Å². The molecule has 156 valence electrons. The molecule has 29 heavy (non-hydrogen) atoms. The van der Waals surface area contributed by atoms with Crippen molar-refractivity contribution in [1.82, 2.24) is 0 Å². The van der Waals surface area contributed by atoms with E-state index in [4.69, 9.17) is 11.6 Å². The van der Waals surface area contributed by atoms with Crippen LogP contribution in [0.3, 0.4) is 0 Å². The van der Waals surface area contributed by atoms with Crippen molar-refractivity contribution in [3.8, 4) is 0 Å². The van der Waals surface area contributed by atoms with Gasteiger partial charge in [-0.05, 0) is 24.3 Å². The highest BCUT2D eigenvalue weighted by atomic mass is 35.5. The molecule has 8 nitrogen and oxygen atoms in total. The molecule has 0 aliphatic rings. The van der Waals surface area contributed by atoms with Crippen molar-refractivity contribution < 1.29 is 36.0 Å². The summed E-state index contributed by atoms with van der Waals surface area (Å²) in [7, 11) is -3.77. The minimum absolute atomic E-state index is 0.301. The van der Waals surface area contributed by atoms with Crippen LogP contribution in [0.4, 0.5) is 24.5 Å². The van der Waals surface area contributed by atoms with E-state index in [1.165, 1.54) is 0 Å². The van der Waals surface area contributed by atoms with Crippen molar-refractivity contribution in [3.63, 3.8) is 0 Å². The van der Waals surface area contributed by atoms with Gasteiger partial charge < -0.3 is 4.74 Å². The molecule has 2 rings (SSSR count). The molecule has 0 N–H and O–H groups in total. The first-order chi connectivity index (χ1) is 13.4. The van der Waals surface area contributed by atoms with Gasteiger partial charge in [0.2, 0.25) is 0 Å². The van der Waals surface area contributed by atoms with Gasteiger partial charge in [0.1, 0.15) is 6.54 Å². The average Bonchev–Trinajstić information content (AvgIpc) is 2.65. The Morgan fingerprint density at radius 3 is 2.45 bits per heavy atom. The second-order valence-electron chi connectivity index (χ2n) is 5.51. The van der Waals surface area contributed by atoms with Crippen molar-refractivity contribution in [2.45, 2.75) is 11.1 Å². The van der Waals surface area contributed by atoms with Crippen molar-refractivity contribution in [1.29, 1.82) is 0 Å². The minimum Gasteiger partial charge on any atom is -0.468 e. The lowest BCUT2D eigenvalue weighted by Crippen LogP contribution is -2.36. The summed E-state index contributed by atoms with van der Waals surface area (Å²) in [6.07, 6.45) is -4.81. The first-order valence-corrected chi connectivity index (χ1v) is 9.40. The summed E-state index contributed by atoms with van der Waals surface area (Å²) in [4.78, 5) is 21.2. The maximum atomic E-state index is 13.1. The molecule has 0 spiro atoms. The zero-order valence-electron chi connectivity index (χ0n) is 14.5. The number of halogens is 4. The molecule has 2 aromatic carbocycles. The van der Waals surface area contributed by atoms with E-state index in [1.54, 1.807) is 0 Å². The molecule has 0 aliphatic carbocycles. The van der Waals surface area contributed by atoms with Crippen LogP contribution in [0.25, 0.3) is 0 Å². The minimum atomic E-state index is -4.81. The number of nitrogens with zero attached hydrogens (tertiary/aromatic N) is 2. The van der Waals surface area contributed by atoms with Crippen LogP contribution >= 0.6 is 11.6 Å². The highest BCUT2D eigenvalue weighted by Gasteiger charge is 2.35. The van der Waals surface area contributed by atoms with Gasteiger partial charge in [0.05, 0.1) is 33.2 Å². The van der Waals surface area contributed by atoms with Gasteiger partial charge in [0.25, 0.3) is 15.7 Å². The van der Waals surface area contributed by atoms with Gasteiger partial charge in [-0.2, -0.15) is 13.2 Å². The number of esters is 1.